The van der Waals surface area contributed by atoms with Crippen LogP contribution in [0.2, 0.25) is 5.02 Å². The molecule has 1 aromatic rings. The van der Waals surface area contributed by atoms with E-state index in [4.69, 9.17) is 23.2 Å². The molecule has 1 atom stereocenters. The van der Waals surface area contributed by atoms with Crippen LogP contribution in [0.4, 0.5) is 0 Å². The molecule has 0 aliphatic carbocycles. The van der Waals surface area contributed by atoms with Crippen molar-refractivity contribution in [1.29, 1.82) is 0 Å². The van der Waals surface area contributed by atoms with Crippen LogP contribution in [0.1, 0.15) is 23.7 Å². The predicted octanol–water partition coefficient (Wildman–Crippen LogP) is 2.97. The topological polar surface area (TPSA) is 52.6 Å². The van der Waals surface area contributed by atoms with Gasteiger partial charge in [0.2, 0.25) is 0 Å². The molecule has 4 nitrogen and oxygen atoms in total. The summed E-state index contributed by atoms with van der Waals surface area (Å²) in [5.74, 6) is -1.61. The smallest absolute Gasteiger partial charge is 0.246 e. The van der Waals surface area contributed by atoms with E-state index in [0.29, 0.717) is 11.4 Å². The second-order valence-electron chi connectivity index (χ2n) is 3.16. The van der Waals surface area contributed by atoms with Gasteiger partial charge in [0.05, 0.1) is 5.56 Å². The van der Waals surface area contributed by atoms with Crippen LogP contribution < -0.4 is 0 Å². The highest BCUT2D eigenvalue weighted by atomic mass is 35.5. The Balaban J connectivity index is 2.53. The number of alkyl halides is 1. The van der Waals surface area contributed by atoms with Crippen LogP contribution in [0.3, 0.4) is 0 Å². The lowest BCUT2D eigenvalue weighted by Crippen LogP contribution is -2.19. The minimum Gasteiger partial charge on any atom is -0.246 e. The van der Waals surface area contributed by atoms with Crippen molar-refractivity contribution in [3.8, 4) is 0 Å². The number of hydrogen-bond donors (Lipinski definition) is 0. The number of carbonyl (C=O) groups excluding carboxylic acids is 2. The van der Waals surface area contributed by atoms with Crippen LogP contribution in [0, 0.1) is 0 Å². The van der Waals surface area contributed by atoms with Gasteiger partial charge in [0.1, 0.15) is 5.38 Å². The van der Waals surface area contributed by atoms with E-state index in [2.05, 4.69) is 9.78 Å². The fraction of sp³-hybridized carbons (Fsp3) is 0.273. The third-order valence-electron chi connectivity index (χ3n) is 1.87. The Morgan fingerprint density at radius 3 is 2.65 bits per heavy atom. The van der Waals surface area contributed by atoms with Gasteiger partial charge in [-0.1, -0.05) is 24.6 Å². The summed E-state index contributed by atoms with van der Waals surface area (Å²) in [6, 6.07) is 6.07. The van der Waals surface area contributed by atoms with Crippen molar-refractivity contribution < 1.29 is 19.4 Å². The highest BCUT2D eigenvalue weighted by Gasteiger charge is 2.18. The number of carbonyl (C=O) groups is 2. The molecule has 17 heavy (non-hydrogen) atoms. The van der Waals surface area contributed by atoms with E-state index in [1.54, 1.807) is 19.1 Å². The average Bonchev–Trinajstić information content (AvgIpc) is 2.34. The molecule has 1 aromatic carbocycles. The summed E-state index contributed by atoms with van der Waals surface area (Å²) < 4.78 is 0. The van der Waals surface area contributed by atoms with Crippen molar-refractivity contribution in [2.45, 2.75) is 18.7 Å². The number of hydrogen-bond acceptors (Lipinski definition) is 4. The molecular weight excluding hydrogens is 267 g/mol. The van der Waals surface area contributed by atoms with Gasteiger partial charge in [0, 0.05) is 5.02 Å². The summed E-state index contributed by atoms with van der Waals surface area (Å²) in [5, 5.41) is -0.447. The lowest BCUT2D eigenvalue weighted by Gasteiger charge is -2.05. The molecule has 0 saturated carbocycles. The molecule has 0 bridgehead atoms. The molecule has 92 valence electrons. The Morgan fingerprint density at radius 1 is 1.35 bits per heavy atom. The van der Waals surface area contributed by atoms with Crippen LogP contribution in [-0.2, 0) is 14.6 Å². The minimum atomic E-state index is -0.831. The Hall–Kier alpha value is -1.26. The van der Waals surface area contributed by atoms with E-state index in [9.17, 15) is 9.59 Å². The van der Waals surface area contributed by atoms with Gasteiger partial charge in [-0.25, -0.2) is 19.4 Å². The zero-order valence-electron chi connectivity index (χ0n) is 8.98. The molecule has 1 rings (SSSR count). The third kappa shape index (κ3) is 4.24. The second kappa shape index (κ2) is 6.47. The first-order valence-electron chi connectivity index (χ1n) is 4.87. The van der Waals surface area contributed by atoms with Crippen molar-refractivity contribution >= 4 is 35.1 Å². The van der Waals surface area contributed by atoms with Gasteiger partial charge in [0.15, 0.2) is 0 Å². The summed E-state index contributed by atoms with van der Waals surface area (Å²) in [5.41, 5.74) is 0.188. The molecule has 0 aliphatic rings. The lowest BCUT2D eigenvalue weighted by atomic mass is 10.2. The van der Waals surface area contributed by atoms with Gasteiger partial charge in [-0.2, -0.15) is 0 Å². The molecule has 0 aromatic heterocycles. The van der Waals surface area contributed by atoms with E-state index in [1.165, 1.54) is 12.1 Å². The zero-order valence-corrected chi connectivity index (χ0v) is 10.5. The van der Waals surface area contributed by atoms with E-state index >= 15 is 0 Å². The van der Waals surface area contributed by atoms with E-state index < -0.39 is 17.3 Å². The van der Waals surface area contributed by atoms with Gasteiger partial charge in [0.25, 0.3) is 0 Å². The molecule has 1 unspecified atom stereocenters. The molecule has 0 amide bonds. The molecule has 0 radical (unpaired) electrons. The van der Waals surface area contributed by atoms with Gasteiger partial charge in [-0.3, -0.25) is 0 Å². The fourth-order valence-electron chi connectivity index (χ4n) is 0.961. The number of benzene rings is 1. The van der Waals surface area contributed by atoms with Gasteiger partial charge < -0.3 is 0 Å². The molecule has 6 heteroatoms. The fourth-order valence-corrected chi connectivity index (χ4v) is 1.19. The van der Waals surface area contributed by atoms with Crippen LogP contribution in [0.5, 0.6) is 0 Å². The zero-order chi connectivity index (χ0) is 12.8. The van der Waals surface area contributed by atoms with E-state index in [0.717, 1.165) is 0 Å². The second-order valence-corrected chi connectivity index (χ2v) is 4.12. The van der Waals surface area contributed by atoms with Crippen molar-refractivity contribution in [2.24, 2.45) is 0 Å². The normalized spacial score (nSPS) is 11.7. The Kier molecular flexibility index (Phi) is 5.25. The summed E-state index contributed by atoms with van der Waals surface area (Å²) >= 11 is 11.3. The average molecular weight is 277 g/mol. The maximum atomic E-state index is 11.4. The summed E-state index contributed by atoms with van der Waals surface area (Å²) in [4.78, 5) is 31.2. The molecule has 0 N–H and O–H groups in total. The van der Waals surface area contributed by atoms with Crippen LogP contribution in [-0.4, -0.2) is 17.3 Å². The monoisotopic (exact) mass is 276 g/mol. The Morgan fingerprint density at radius 2 is 2.06 bits per heavy atom. The number of rotatable bonds is 3. The van der Waals surface area contributed by atoms with Crippen molar-refractivity contribution in [3.63, 3.8) is 0 Å². The van der Waals surface area contributed by atoms with Crippen molar-refractivity contribution in [3.05, 3.63) is 34.9 Å². The van der Waals surface area contributed by atoms with E-state index in [1.807, 2.05) is 0 Å². The summed E-state index contributed by atoms with van der Waals surface area (Å²) in [7, 11) is 0. The predicted molar refractivity (Wildman–Crippen MR) is 62.9 cm³/mol. The van der Waals surface area contributed by atoms with Gasteiger partial charge >= 0.3 is 11.9 Å². The van der Waals surface area contributed by atoms with E-state index in [-0.39, 0.29) is 5.56 Å². The highest BCUT2D eigenvalue weighted by molar-refractivity contribution is 6.31. The van der Waals surface area contributed by atoms with Crippen molar-refractivity contribution in [2.75, 3.05) is 0 Å². The molecule has 0 saturated heterocycles. The molecule has 0 aliphatic heterocycles. The maximum absolute atomic E-state index is 11.4. The maximum Gasteiger partial charge on any atom is 0.386 e. The standard InChI is InChI=1S/C11H10Cl2O4/c1-2-9(13)11(15)17-16-10(14)7-4-3-5-8(12)6-7/h3-6,9H,2H2,1H3. The quantitative estimate of drug-likeness (QED) is 0.484. The first kappa shape index (κ1) is 13.8. The summed E-state index contributed by atoms with van der Waals surface area (Å²) in [6.45, 7) is 1.71. The molecule has 0 fully saturated rings. The minimum absolute atomic E-state index is 0.188. The van der Waals surface area contributed by atoms with Crippen molar-refractivity contribution in [1.82, 2.24) is 0 Å². The highest BCUT2D eigenvalue weighted by Crippen LogP contribution is 2.12. The Labute approximate surface area is 108 Å². The van der Waals surface area contributed by atoms with Gasteiger partial charge in [-0.15, -0.1) is 11.6 Å². The van der Waals surface area contributed by atoms with Crippen LogP contribution in [0.25, 0.3) is 0 Å². The lowest BCUT2D eigenvalue weighted by molar-refractivity contribution is -0.233. The molecule has 0 heterocycles. The van der Waals surface area contributed by atoms with Crippen LogP contribution >= 0.6 is 23.2 Å². The number of halogens is 2. The molecular formula is C11H10Cl2O4. The summed E-state index contributed by atoms with van der Waals surface area (Å²) in [6.07, 6.45) is 0.384. The molecule has 0 spiro atoms. The van der Waals surface area contributed by atoms with Crippen LogP contribution in [0.15, 0.2) is 24.3 Å². The largest absolute Gasteiger partial charge is 0.386 e. The Bertz CT molecular complexity index is 420. The first-order chi connectivity index (χ1) is 8.04. The SMILES string of the molecule is CCC(Cl)C(=O)OOC(=O)c1cccc(Cl)c1. The third-order valence-corrected chi connectivity index (χ3v) is 2.60. The van der Waals surface area contributed by atoms with Gasteiger partial charge in [-0.05, 0) is 24.6 Å². The first-order valence-corrected chi connectivity index (χ1v) is 5.68.